The highest BCUT2D eigenvalue weighted by Crippen LogP contribution is 2.35. The molecule has 0 unspecified atom stereocenters. The van der Waals surface area contributed by atoms with Crippen molar-refractivity contribution in [1.29, 1.82) is 0 Å². The molecule has 3 aromatic rings. The Balaban J connectivity index is 1.36. The van der Waals surface area contributed by atoms with Gasteiger partial charge >= 0.3 is 5.97 Å². The lowest BCUT2D eigenvalue weighted by Crippen LogP contribution is -2.31. The lowest BCUT2D eigenvalue weighted by molar-refractivity contribution is -0.122. The summed E-state index contributed by atoms with van der Waals surface area (Å²) in [6, 6.07) is 8.39. The number of nitrogens with one attached hydrogen (secondary N) is 1. The Hall–Kier alpha value is -3.48. The number of carbonyl (C=O) groups is 3. The van der Waals surface area contributed by atoms with Crippen LogP contribution in [0.2, 0.25) is 0 Å². The van der Waals surface area contributed by atoms with Gasteiger partial charge in [-0.2, -0.15) is 0 Å². The molecule has 1 aliphatic rings. The Bertz CT molecular complexity index is 1390. The zero-order valence-corrected chi connectivity index (χ0v) is 21.1. The molecule has 1 saturated heterocycles. The number of pyridine rings is 1. The van der Waals surface area contributed by atoms with Crippen LogP contribution in [0, 0.1) is 11.6 Å². The number of thiocarbonyl (C=S) groups is 1. The Morgan fingerprint density at radius 1 is 1.17 bits per heavy atom. The minimum Gasteiger partial charge on any atom is -0.465 e. The van der Waals surface area contributed by atoms with E-state index in [4.69, 9.17) is 12.2 Å². The summed E-state index contributed by atoms with van der Waals surface area (Å²) in [5.41, 5.74) is 1.48. The maximum atomic E-state index is 13.5. The molecule has 1 aliphatic heterocycles. The van der Waals surface area contributed by atoms with Gasteiger partial charge < -0.3 is 10.1 Å². The van der Waals surface area contributed by atoms with Gasteiger partial charge in [-0.1, -0.05) is 30.0 Å². The Kier molecular flexibility index (Phi) is 7.87. The van der Waals surface area contributed by atoms with Crippen LogP contribution in [-0.2, 0) is 14.3 Å². The van der Waals surface area contributed by atoms with Gasteiger partial charge in [0.1, 0.15) is 10.1 Å². The second-order valence-electron chi connectivity index (χ2n) is 7.42. The number of methoxy groups -OCH3 is 1. The number of hydrogen-bond acceptors (Lipinski definition) is 8. The van der Waals surface area contributed by atoms with Crippen molar-refractivity contribution in [3.63, 3.8) is 0 Å². The minimum atomic E-state index is -0.931. The van der Waals surface area contributed by atoms with E-state index in [2.05, 4.69) is 15.0 Å². The number of carbonyl (C=O) groups excluding carboxylic acids is 3. The second kappa shape index (κ2) is 11.1. The summed E-state index contributed by atoms with van der Waals surface area (Å²) in [6.07, 6.45) is 2.95. The van der Waals surface area contributed by atoms with Gasteiger partial charge in [0.05, 0.1) is 17.6 Å². The molecule has 3 heterocycles. The Morgan fingerprint density at radius 3 is 2.67 bits per heavy atom. The van der Waals surface area contributed by atoms with E-state index in [0.29, 0.717) is 20.4 Å². The number of halogens is 2. The predicted molar refractivity (Wildman–Crippen MR) is 138 cm³/mol. The summed E-state index contributed by atoms with van der Waals surface area (Å²) < 4.78 is 31.7. The number of thiophene rings is 1. The monoisotopic (exact) mass is 545 g/mol. The van der Waals surface area contributed by atoms with E-state index in [1.54, 1.807) is 17.5 Å². The van der Waals surface area contributed by atoms with Gasteiger partial charge in [0.15, 0.2) is 11.6 Å². The molecule has 1 fully saturated rings. The molecule has 0 atom stereocenters. The number of hydrogen-bond donors (Lipinski definition) is 1. The zero-order chi connectivity index (χ0) is 25.8. The third-order valence-electron chi connectivity index (χ3n) is 5.03. The number of rotatable bonds is 7. The highest BCUT2D eigenvalue weighted by Gasteiger charge is 2.32. The third kappa shape index (κ3) is 5.83. The molecular weight excluding hydrogens is 528 g/mol. The molecule has 0 saturated carbocycles. The number of nitrogens with zero attached hydrogens (tertiary/aromatic N) is 2. The van der Waals surface area contributed by atoms with Gasteiger partial charge in [-0.3, -0.25) is 14.5 Å². The second-order valence-corrected chi connectivity index (χ2v) is 10.0. The predicted octanol–water partition coefficient (Wildman–Crippen LogP) is 5.10. The molecule has 0 radical (unpaired) electrons. The molecule has 0 aliphatic carbocycles. The Morgan fingerprint density at radius 2 is 1.97 bits per heavy atom. The van der Waals surface area contributed by atoms with Crippen LogP contribution in [0.25, 0.3) is 17.2 Å². The Labute approximate surface area is 218 Å². The number of thioether (sulfide) groups is 1. The first-order valence-electron chi connectivity index (χ1n) is 10.4. The first-order valence-corrected chi connectivity index (χ1v) is 12.5. The topological polar surface area (TPSA) is 88.6 Å². The molecular formula is C24H17F2N3O4S3. The van der Waals surface area contributed by atoms with Gasteiger partial charge in [0, 0.05) is 24.0 Å². The summed E-state index contributed by atoms with van der Waals surface area (Å²) in [5.74, 6) is -2.82. The molecule has 0 spiro atoms. The van der Waals surface area contributed by atoms with E-state index in [1.165, 1.54) is 47.7 Å². The van der Waals surface area contributed by atoms with E-state index in [-0.39, 0.29) is 36.2 Å². The summed E-state index contributed by atoms with van der Waals surface area (Å²) in [7, 11) is 1.26. The molecule has 1 N–H and O–H groups in total. The van der Waals surface area contributed by atoms with E-state index >= 15 is 0 Å². The van der Waals surface area contributed by atoms with E-state index < -0.39 is 17.6 Å². The van der Waals surface area contributed by atoms with Gasteiger partial charge in [0.25, 0.3) is 5.91 Å². The SMILES string of the molecule is COC(=O)c1ccc(NC(=O)CCN2C(=O)C(=Cc3cc(-c4ccc(F)c(F)c4)cs3)SC2=S)nc1. The molecule has 2 amide bonds. The van der Waals surface area contributed by atoms with Crippen molar-refractivity contribution < 1.29 is 27.9 Å². The van der Waals surface area contributed by atoms with Gasteiger partial charge in [-0.05, 0) is 52.9 Å². The lowest BCUT2D eigenvalue weighted by Gasteiger charge is -2.14. The maximum absolute atomic E-state index is 13.5. The lowest BCUT2D eigenvalue weighted by atomic mass is 10.1. The molecule has 12 heteroatoms. The summed E-state index contributed by atoms with van der Waals surface area (Å²) in [5, 5.41) is 4.39. The van der Waals surface area contributed by atoms with Crippen LogP contribution < -0.4 is 5.32 Å². The number of esters is 1. The number of anilines is 1. The van der Waals surface area contributed by atoms with Crippen LogP contribution in [0.1, 0.15) is 21.7 Å². The van der Waals surface area contributed by atoms with Crippen LogP contribution >= 0.6 is 35.3 Å². The van der Waals surface area contributed by atoms with Crippen LogP contribution in [0.3, 0.4) is 0 Å². The van der Waals surface area contributed by atoms with Crippen molar-refractivity contribution in [3.05, 3.63) is 75.0 Å². The van der Waals surface area contributed by atoms with E-state index in [0.717, 1.165) is 28.8 Å². The van der Waals surface area contributed by atoms with Gasteiger partial charge in [-0.15, -0.1) is 11.3 Å². The molecule has 184 valence electrons. The fourth-order valence-corrected chi connectivity index (χ4v) is 5.42. The summed E-state index contributed by atoms with van der Waals surface area (Å²) in [4.78, 5) is 43.1. The van der Waals surface area contributed by atoms with Gasteiger partial charge in [-0.25, -0.2) is 18.6 Å². The first-order chi connectivity index (χ1) is 17.2. The van der Waals surface area contributed by atoms with Crippen molar-refractivity contribution in [2.75, 3.05) is 19.0 Å². The number of benzene rings is 1. The van der Waals surface area contributed by atoms with Crippen LogP contribution in [0.15, 0.2) is 52.9 Å². The largest absolute Gasteiger partial charge is 0.465 e. The molecule has 36 heavy (non-hydrogen) atoms. The summed E-state index contributed by atoms with van der Waals surface area (Å²) >= 11 is 7.79. The fraction of sp³-hybridized carbons (Fsp3) is 0.125. The first kappa shape index (κ1) is 25.6. The van der Waals surface area contributed by atoms with E-state index in [9.17, 15) is 23.2 Å². The molecule has 1 aromatic carbocycles. The van der Waals surface area contributed by atoms with Crippen molar-refractivity contribution in [2.24, 2.45) is 0 Å². The number of ether oxygens (including phenoxy) is 1. The molecule has 7 nitrogen and oxygen atoms in total. The highest BCUT2D eigenvalue weighted by molar-refractivity contribution is 8.26. The normalized spacial score (nSPS) is 14.4. The maximum Gasteiger partial charge on any atom is 0.339 e. The van der Waals surface area contributed by atoms with Crippen molar-refractivity contribution >= 4 is 69.3 Å². The minimum absolute atomic E-state index is 0.0145. The average Bonchev–Trinajstić information content (AvgIpc) is 3.43. The van der Waals surface area contributed by atoms with Crippen molar-refractivity contribution in [1.82, 2.24) is 9.88 Å². The van der Waals surface area contributed by atoms with Gasteiger partial charge in [0.2, 0.25) is 5.91 Å². The summed E-state index contributed by atoms with van der Waals surface area (Å²) in [6.45, 7) is 0.0820. The molecule has 2 aromatic heterocycles. The average molecular weight is 546 g/mol. The zero-order valence-electron chi connectivity index (χ0n) is 18.6. The standard InChI is InChI=1S/C24H17F2N3O4S3/c1-33-23(32)14-3-5-20(27-11-14)28-21(30)6-7-29-22(31)19(36-24(29)34)10-16-8-15(12-35-16)13-2-4-17(25)18(26)9-13/h2-5,8-12H,6-7H2,1H3,(H,27,28,30). The number of aromatic nitrogens is 1. The third-order valence-corrected chi connectivity index (χ3v) is 7.29. The smallest absolute Gasteiger partial charge is 0.339 e. The van der Waals surface area contributed by atoms with Crippen molar-refractivity contribution in [2.45, 2.75) is 6.42 Å². The van der Waals surface area contributed by atoms with Crippen LogP contribution in [0.5, 0.6) is 0 Å². The quantitative estimate of drug-likeness (QED) is 0.251. The number of amides is 2. The molecule has 4 rings (SSSR count). The van der Waals surface area contributed by atoms with Crippen molar-refractivity contribution in [3.8, 4) is 11.1 Å². The molecule has 0 bridgehead atoms. The van der Waals surface area contributed by atoms with Crippen LogP contribution in [-0.4, -0.2) is 45.6 Å². The van der Waals surface area contributed by atoms with E-state index in [1.807, 2.05) is 0 Å². The highest BCUT2D eigenvalue weighted by atomic mass is 32.2. The fourth-order valence-electron chi connectivity index (χ4n) is 3.20. The van der Waals surface area contributed by atoms with Crippen LogP contribution in [0.4, 0.5) is 14.6 Å².